The fourth-order valence-electron chi connectivity index (χ4n) is 3.49. The summed E-state index contributed by atoms with van der Waals surface area (Å²) >= 11 is 0. The summed E-state index contributed by atoms with van der Waals surface area (Å²) in [6.07, 6.45) is 1.76. The van der Waals surface area contributed by atoms with Gasteiger partial charge in [-0.05, 0) is 37.6 Å². The van der Waals surface area contributed by atoms with E-state index in [4.69, 9.17) is 19.2 Å². The molecule has 0 radical (unpaired) electrons. The second kappa shape index (κ2) is 9.03. The minimum Gasteiger partial charge on any atom is -0.493 e. The monoisotopic (exact) mass is 406 g/mol. The first-order valence-corrected chi connectivity index (χ1v) is 10.4. The Morgan fingerprint density at radius 1 is 1.13 bits per heavy atom. The molecule has 3 aromatic rings. The molecule has 1 aliphatic heterocycles. The summed E-state index contributed by atoms with van der Waals surface area (Å²) in [6.45, 7) is 6.12. The number of nitrogens with zero attached hydrogens (tertiary/aromatic N) is 2. The number of para-hydroxylation sites is 1. The first-order valence-electron chi connectivity index (χ1n) is 10.4. The molecule has 2 aromatic carbocycles. The number of amides is 1. The minimum atomic E-state index is -0.326. The van der Waals surface area contributed by atoms with Crippen LogP contribution in [0.25, 0.3) is 10.9 Å². The van der Waals surface area contributed by atoms with E-state index in [2.05, 4.69) is 6.92 Å². The topological polar surface area (TPSA) is 60.9 Å². The highest BCUT2D eigenvalue weighted by Crippen LogP contribution is 2.31. The third-order valence-corrected chi connectivity index (χ3v) is 5.19. The Balaban J connectivity index is 1.57. The number of ether oxygens (including phenoxy) is 3. The van der Waals surface area contributed by atoms with Crippen molar-refractivity contribution in [3.05, 3.63) is 59.8 Å². The maximum Gasteiger partial charge on any atom is 0.414 e. The van der Waals surface area contributed by atoms with Gasteiger partial charge in [0.25, 0.3) is 0 Å². The second-order valence-corrected chi connectivity index (χ2v) is 7.28. The molecule has 0 aliphatic carbocycles. The maximum atomic E-state index is 11.8. The van der Waals surface area contributed by atoms with Gasteiger partial charge < -0.3 is 14.2 Å². The fourth-order valence-corrected chi connectivity index (χ4v) is 3.49. The zero-order chi connectivity index (χ0) is 20.9. The lowest BCUT2D eigenvalue weighted by Crippen LogP contribution is -2.23. The Hall–Kier alpha value is -3.28. The van der Waals surface area contributed by atoms with E-state index in [0.717, 1.165) is 46.4 Å². The van der Waals surface area contributed by atoms with Crippen LogP contribution in [0.3, 0.4) is 0 Å². The third kappa shape index (κ3) is 4.17. The van der Waals surface area contributed by atoms with E-state index < -0.39 is 0 Å². The Kier molecular flexibility index (Phi) is 6.02. The molecule has 0 bridgehead atoms. The highest BCUT2D eigenvalue weighted by Gasteiger charge is 2.23. The zero-order valence-corrected chi connectivity index (χ0v) is 17.4. The molecule has 6 nitrogen and oxygen atoms in total. The SMILES string of the molecule is CCCCOc1c(C)c(COc2cccc(N3CCOC3=O)c2)nc2ccccc12. The quantitative estimate of drug-likeness (QED) is 0.478. The maximum absolute atomic E-state index is 11.8. The number of carbonyl (C=O) groups is 1. The number of hydrogen-bond donors (Lipinski definition) is 0. The van der Waals surface area contributed by atoms with Gasteiger partial charge in [-0.2, -0.15) is 0 Å². The van der Waals surface area contributed by atoms with Gasteiger partial charge in [0.05, 0.1) is 30.0 Å². The Morgan fingerprint density at radius 2 is 2.00 bits per heavy atom. The zero-order valence-electron chi connectivity index (χ0n) is 17.4. The molecule has 2 heterocycles. The molecule has 0 unspecified atom stereocenters. The van der Waals surface area contributed by atoms with Crippen molar-refractivity contribution >= 4 is 22.7 Å². The van der Waals surface area contributed by atoms with Gasteiger partial charge in [-0.1, -0.05) is 31.5 Å². The van der Waals surface area contributed by atoms with E-state index in [1.165, 1.54) is 0 Å². The predicted octanol–water partition coefficient (Wildman–Crippen LogP) is 5.26. The van der Waals surface area contributed by atoms with Crippen LogP contribution in [0, 0.1) is 6.92 Å². The lowest BCUT2D eigenvalue weighted by atomic mass is 10.1. The minimum absolute atomic E-state index is 0.314. The van der Waals surface area contributed by atoms with Crippen LogP contribution in [0.15, 0.2) is 48.5 Å². The van der Waals surface area contributed by atoms with Crippen LogP contribution in [-0.4, -0.2) is 30.8 Å². The van der Waals surface area contributed by atoms with Gasteiger partial charge in [0.1, 0.15) is 24.7 Å². The van der Waals surface area contributed by atoms with Crippen molar-refractivity contribution in [3.8, 4) is 11.5 Å². The fraction of sp³-hybridized carbons (Fsp3) is 0.333. The van der Waals surface area contributed by atoms with Crippen LogP contribution >= 0.6 is 0 Å². The Bertz CT molecular complexity index is 1050. The number of aromatic nitrogens is 1. The number of fused-ring (bicyclic) bond motifs is 1. The molecule has 30 heavy (non-hydrogen) atoms. The first kappa shape index (κ1) is 20.0. The van der Waals surface area contributed by atoms with Crippen molar-refractivity contribution < 1.29 is 19.0 Å². The molecule has 1 aromatic heterocycles. The number of hydrogen-bond acceptors (Lipinski definition) is 5. The number of pyridine rings is 1. The van der Waals surface area contributed by atoms with Gasteiger partial charge in [-0.15, -0.1) is 0 Å². The van der Waals surface area contributed by atoms with E-state index in [9.17, 15) is 4.79 Å². The smallest absolute Gasteiger partial charge is 0.414 e. The van der Waals surface area contributed by atoms with Crippen LogP contribution < -0.4 is 14.4 Å². The largest absolute Gasteiger partial charge is 0.493 e. The average molecular weight is 406 g/mol. The van der Waals surface area contributed by atoms with Crippen LogP contribution in [0.4, 0.5) is 10.5 Å². The molecule has 4 rings (SSSR count). The molecular formula is C24H26N2O4. The second-order valence-electron chi connectivity index (χ2n) is 7.28. The van der Waals surface area contributed by atoms with Crippen LogP contribution in [0.2, 0.25) is 0 Å². The molecule has 0 spiro atoms. The molecule has 6 heteroatoms. The number of unbranched alkanes of at least 4 members (excludes halogenated alkanes) is 1. The highest BCUT2D eigenvalue weighted by molar-refractivity contribution is 5.89. The van der Waals surface area contributed by atoms with Crippen molar-refractivity contribution in [2.24, 2.45) is 0 Å². The summed E-state index contributed by atoms with van der Waals surface area (Å²) in [7, 11) is 0. The van der Waals surface area contributed by atoms with Crippen LogP contribution in [0.5, 0.6) is 11.5 Å². The summed E-state index contributed by atoms with van der Waals surface area (Å²) in [6, 6.07) is 15.5. The van der Waals surface area contributed by atoms with Crippen LogP contribution in [-0.2, 0) is 11.3 Å². The number of anilines is 1. The van der Waals surface area contributed by atoms with E-state index >= 15 is 0 Å². The number of carbonyl (C=O) groups excluding carboxylic acids is 1. The van der Waals surface area contributed by atoms with Crippen molar-refractivity contribution in [3.63, 3.8) is 0 Å². The predicted molar refractivity (Wildman–Crippen MR) is 116 cm³/mol. The standard InChI is InChI=1S/C24H26N2O4/c1-3-4-13-28-23-17(2)22(25-21-11-6-5-10-20(21)23)16-30-19-9-7-8-18(15-19)26-12-14-29-24(26)27/h5-11,15H,3-4,12-14,16H2,1-2H3. The molecule has 1 amide bonds. The lowest BCUT2D eigenvalue weighted by molar-refractivity contribution is 0.181. The third-order valence-electron chi connectivity index (χ3n) is 5.19. The summed E-state index contributed by atoms with van der Waals surface area (Å²) in [4.78, 5) is 18.2. The van der Waals surface area contributed by atoms with E-state index in [-0.39, 0.29) is 6.09 Å². The van der Waals surface area contributed by atoms with Gasteiger partial charge >= 0.3 is 6.09 Å². The van der Waals surface area contributed by atoms with Crippen molar-refractivity contribution in [2.45, 2.75) is 33.3 Å². The van der Waals surface area contributed by atoms with Crippen molar-refractivity contribution in [1.29, 1.82) is 0 Å². The van der Waals surface area contributed by atoms with Crippen LogP contribution in [0.1, 0.15) is 31.0 Å². The molecule has 156 valence electrons. The lowest BCUT2D eigenvalue weighted by Gasteiger charge is -2.17. The molecule has 1 fully saturated rings. The van der Waals surface area contributed by atoms with Gasteiger partial charge in [0.15, 0.2) is 0 Å². The average Bonchev–Trinajstić information content (AvgIpc) is 3.20. The van der Waals surface area contributed by atoms with Gasteiger partial charge in [-0.25, -0.2) is 9.78 Å². The van der Waals surface area contributed by atoms with E-state index in [1.807, 2.05) is 55.5 Å². The number of rotatable bonds is 8. The molecular weight excluding hydrogens is 380 g/mol. The number of benzene rings is 2. The highest BCUT2D eigenvalue weighted by atomic mass is 16.6. The molecule has 1 saturated heterocycles. The molecule has 0 atom stereocenters. The normalized spacial score (nSPS) is 13.5. The van der Waals surface area contributed by atoms with Gasteiger partial charge in [0.2, 0.25) is 0 Å². The van der Waals surface area contributed by atoms with Gasteiger partial charge in [0, 0.05) is 17.0 Å². The van der Waals surface area contributed by atoms with Crippen molar-refractivity contribution in [1.82, 2.24) is 4.98 Å². The van der Waals surface area contributed by atoms with E-state index in [0.29, 0.717) is 32.1 Å². The molecule has 0 saturated carbocycles. The summed E-state index contributed by atoms with van der Waals surface area (Å²) in [5.41, 5.74) is 3.49. The Labute approximate surface area is 176 Å². The summed E-state index contributed by atoms with van der Waals surface area (Å²) in [5.74, 6) is 1.55. The first-order chi connectivity index (χ1) is 14.7. The molecule has 0 N–H and O–H groups in total. The summed E-state index contributed by atoms with van der Waals surface area (Å²) in [5, 5.41) is 1.02. The number of cyclic esters (lactones) is 1. The van der Waals surface area contributed by atoms with Gasteiger partial charge in [-0.3, -0.25) is 4.90 Å². The van der Waals surface area contributed by atoms with E-state index in [1.54, 1.807) is 4.90 Å². The summed E-state index contributed by atoms with van der Waals surface area (Å²) < 4.78 is 17.2. The molecule has 1 aliphatic rings. The Morgan fingerprint density at radius 3 is 2.80 bits per heavy atom. The van der Waals surface area contributed by atoms with Crippen molar-refractivity contribution in [2.75, 3.05) is 24.7 Å².